The van der Waals surface area contributed by atoms with Crippen LogP contribution in [0, 0.1) is 20.2 Å². The zero-order valence-electron chi connectivity index (χ0n) is 17.9. The molecule has 0 aliphatic carbocycles. The number of benzene rings is 3. The molecule has 3 aromatic rings. The molecule has 3 aromatic carbocycles. The fourth-order valence-corrected chi connectivity index (χ4v) is 4.52. The molecule has 2 amide bonds. The molecule has 4 rings (SSSR count). The Balaban J connectivity index is 1.49. The van der Waals surface area contributed by atoms with Crippen LogP contribution < -0.4 is 4.74 Å². The molecule has 182 valence electrons. The quantitative estimate of drug-likeness (QED) is 0.179. The van der Waals surface area contributed by atoms with E-state index >= 15 is 0 Å². The van der Waals surface area contributed by atoms with Crippen molar-refractivity contribution in [3.8, 4) is 11.5 Å². The second-order valence-corrected chi connectivity index (χ2v) is 9.18. The lowest BCUT2D eigenvalue weighted by Crippen LogP contribution is -2.27. The summed E-state index contributed by atoms with van der Waals surface area (Å²) >= 11 is 12.8. The van der Waals surface area contributed by atoms with E-state index in [9.17, 15) is 29.8 Å². The number of hydrogen-bond donors (Lipinski definition) is 0. The van der Waals surface area contributed by atoms with Gasteiger partial charge >= 0.3 is 5.69 Å². The van der Waals surface area contributed by atoms with Crippen LogP contribution in [0.15, 0.2) is 65.6 Å². The molecule has 0 spiro atoms. The van der Waals surface area contributed by atoms with Gasteiger partial charge in [-0.05, 0) is 59.3 Å². The molecule has 1 saturated heterocycles. The third-order valence-electron chi connectivity index (χ3n) is 4.97. The molecule has 0 saturated carbocycles. The number of carbonyl (C=O) groups is 2. The van der Waals surface area contributed by atoms with Crippen molar-refractivity contribution in [3.05, 3.63) is 107 Å². The second-order valence-electron chi connectivity index (χ2n) is 7.34. The monoisotopic (exact) mass is 545 g/mol. The molecule has 0 unspecified atom stereocenters. The van der Waals surface area contributed by atoms with Gasteiger partial charge in [-0.2, -0.15) is 0 Å². The topological polar surface area (TPSA) is 133 Å². The zero-order valence-corrected chi connectivity index (χ0v) is 20.2. The first-order chi connectivity index (χ1) is 17.1. The van der Waals surface area contributed by atoms with Crippen LogP contribution in [-0.2, 0) is 11.3 Å². The number of hydrogen-bond acceptors (Lipinski definition) is 8. The van der Waals surface area contributed by atoms with Crippen LogP contribution in [0.1, 0.15) is 11.1 Å². The van der Waals surface area contributed by atoms with E-state index in [2.05, 4.69) is 0 Å². The summed E-state index contributed by atoms with van der Waals surface area (Å²) in [6.07, 6.45) is 1.53. The Hall–Kier alpha value is -3.93. The molecule has 0 N–H and O–H groups in total. The van der Waals surface area contributed by atoms with Crippen LogP contribution in [0.5, 0.6) is 11.5 Å². The lowest BCUT2D eigenvalue weighted by molar-refractivity contribution is -0.394. The van der Waals surface area contributed by atoms with E-state index in [1.807, 2.05) is 0 Å². The number of imide groups is 1. The minimum atomic E-state index is -0.774. The first-order valence-electron chi connectivity index (χ1n) is 10.0. The number of carbonyl (C=O) groups excluding carboxylic acids is 2. The molecule has 0 radical (unpaired) electrons. The summed E-state index contributed by atoms with van der Waals surface area (Å²) in [6.45, 7) is -0.00119. The fraction of sp³-hybridized carbons (Fsp3) is 0.0435. The van der Waals surface area contributed by atoms with Gasteiger partial charge < -0.3 is 4.74 Å². The van der Waals surface area contributed by atoms with Gasteiger partial charge in [0.05, 0.1) is 27.4 Å². The molecule has 1 aliphatic heterocycles. The number of ether oxygens (including phenoxy) is 1. The van der Waals surface area contributed by atoms with Crippen molar-refractivity contribution in [3.63, 3.8) is 0 Å². The maximum atomic E-state index is 12.8. The van der Waals surface area contributed by atoms with E-state index in [0.29, 0.717) is 21.2 Å². The Labute approximate surface area is 217 Å². The summed E-state index contributed by atoms with van der Waals surface area (Å²) in [7, 11) is 0. The van der Waals surface area contributed by atoms with Crippen LogP contribution in [0.3, 0.4) is 0 Å². The third-order valence-corrected chi connectivity index (χ3v) is 6.47. The Morgan fingerprint density at radius 2 is 1.67 bits per heavy atom. The minimum Gasteiger partial charge on any atom is -0.450 e. The molecule has 0 aromatic heterocycles. The number of amides is 2. The number of halogens is 2. The fourth-order valence-electron chi connectivity index (χ4n) is 3.22. The van der Waals surface area contributed by atoms with E-state index < -0.39 is 32.4 Å². The second kappa shape index (κ2) is 10.4. The molecular formula is C23H13Cl2N3O7S. The van der Waals surface area contributed by atoms with Gasteiger partial charge in [0.25, 0.3) is 16.8 Å². The van der Waals surface area contributed by atoms with Gasteiger partial charge in [-0.1, -0.05) is 41.4 Å². The van der Waals surface area contributed by atoms with E-state index in [1.54, 1.807) is 24.3 Å². The molecule has 1 heterocycles. The molecular weight excluding hydrogens is 533 g/mol. The smallest absolute Gasteiger partial charge is 0.318 e. The first-order valence-corrected chi connectivity index (χ1v) is 11.6. The number of non-ortho nitro benzene ring substituents is 1. The van der Waals surface area contributed by atoms with Crippen LogP contribution >= 0.6 is 35.0 Å². The molecule has 0 atom stereocenters. The highest BCUT2D eigenvalue weighted by Gasteiger charge is 2.35. The normalized spacial score (nSPS) is 14.4. The summed E-state index contributed by atoms with van der Waals surface area (Å²) in [6, 6.07) is 14.1. The van der Waals surface area contributed by atoms with E-state index in [0.717, 1.165) is 34.9 Å². The summed E-state index contributed by atoms with van der Waals surface area (Å²) < 4.78 is 5.53. The van der Waals surface area contributed by atoms with Crippen molar-refractivity contribution in [2.45, 2.75) is 6.54 Å². The Morgan fingerprint density at radius 3 is 2.31 bits per heavy atom. The van der Waals surface area contributed by atoms with E-state index in [1.165, 1.54) is 24.3 Å². The molecule has 36 heavy (non-hydrogen) atoms. The molecule has 13 heteroatoms. The largest absolute Gasteiger partial charge is 0.450 e. The third kappa shape index (κ3) is 5.48. The van der Waals surface area contributed by atoms with Crippen molar-refractivity contribution in [1.29, 1.82) is 0 Å². The highest BCUT2D eigenvalue weighted by molar-refractivity contribution is 8.18. The maximum Gasteiger partial charge on any atom is 0.318 e. The number of nitrogens with zero attached hydrogens (tertiary/aromatic N) is 3. The van der Waals surface area contributed by atoms with Gasteiger partial charge in [-0.15, -0.1) is 0 Å². The Morgan fingerprint density at radius 1 is 0.944 bits per heavy atom. The predicted molar refractivity (Wildman–Crippen MR) is 134 cm³/mol. The van der Waals surface area contributed by atoms with Crippen LogP contribution in [-0.4, -0.2) is 25.9 Å². The Bertz CT molecular complexity index is 1440. The standard InChI is InChI=1S/C23H13Cl2N3O7S/c24-15-4-3-14(18(25)10-15)12-26-22(29)21(36-23(26)30)9-13-1-6-17(7-2-13)35-20-8-5-16(27(31)32)11-19(20)28(33)34/h1-11H,12H2/b21-9+. The van der Waals surface area contributed by atoms with Crippen LogP contribution in [0.4, 0.5) is 16.2 Å². The van der Waals surface area contributed by atoms with E-state index in [-0.39, 0.29) is 22.9 Å². The lowest BCUT2D eigenvalue weighted by Gasteiger charge is -2.13. The molecule has 0 bridgehead atoms. The number of thioether (sulfide) groups is 1. The lowest BCUT2D eigenvalue weighted by atomic mass is 10.2. The van der Waals surface area contributed by atoms with Crippen molar-refractivity contribution < 1.29 is 24.2 Å². The number of nitro groups is 2. The van der Waals surface area contributed by atoms with Gasteiger partial charge in [0.15, 0.2) is 0 Å². The van der Waals surface area contributed by atoms with Gasteiger partial charge in [-0.25, -0.2) is 0 Å². The SMILES string of the molecule is O=C1S/C(=C/c2ccc(Oc3ccc([N+](=O)[O-])cc3[N+](=O)[O-])cc2)C(=O)N1Cc1ccc(Cl)cc1Cl. The first kappa shape index (κ1) is 25.2. The maximum absolute atomic E-state index is 12.8. The van der Waals surface area contributed by atoms with Gasteiger partial charge in [0, 0.05) is 16.1 Å². The highest BCUT2D eigenvalue weighted by atomic mass is 35.5. The van der Waals surface area contributed by atoms with Crippen molar-refractivity contribution in [2.75, 3.05) is 0 Å². The molecule has 10 nitrogen and oxygen atoms in total. The number of rotatable bonds is 7. The van der Waals surface area contributed by atoms with Crippen LogP contribution in [0.25, 0.3) is 6.08 Å². The number of nitro benzene ring substituents is 2. The van der Waals surface area contributed by atoms with Gasteiger partial charge in [0.1, 0.15) is 5.75 Å². The van der Waals surface area contributed by atoms with Gasteiger partial charge in [-0.3, -0.25) is 34.7 Å². The van der Waals surface area contributed by atoms with E-state index in [4.69, 9.17) is 27.9 Å². The van der Waals surface area contributed by atoms with Crippen molar-refractivity contribution >= 4 is 63.6 Å². The minimum absolute atomic E-state index is 0.00119. The highest BCUT2D eigenvalue weighted by Crippen LogP contribution is 2.36. The predicted octanol–water partition coefficient (Wildman–Crippen LogP) is 6.84. The zero-order chi connectivity index (χ0) is 26.0. The summed E-state index contributed by atoms with van der Waals surface area (Å²) in [5.41, 5.74) is 0.168. The molecule has 1 aliphatic rings. The molecule has 1 fully saturated rings. The average molecular weight is 546 g/mol. The van der Waals surface area contributed by atoms with Crippen molar-refractivity contribution in [1.82, 2.24) is 4.90 Å². The summed E-state index contributed by atoms with van der Waals surface area (Å²) in [4.78, 5) is 47.2. The summed E-state index contributed by atoms with van der Waals surface area (Å²) in [5.74, 6) is -0.409. The van der Waals surface area contributed by atoms with Crippen molar-refractivity contribution in [2.24, 2.45) is 0 Å². The summed E-state index contributed by atoms with van der Waals surface area (Å²) in [5, 5.41) is 22.5. The Kier molecular flexibility index (Phi) is 7.25. The van der Waals surface area contributed by atoms with Gasteiger partial charge in [0.2, 0.25) is 5.75 Å². The average Bonchev–Trinajstić information content (AvgIpc) is 3.09. The van der Waals surface area contributed by atoms with Crippen LogP contribution in [0.2, 0.25) is 10.0 Å².